The zero-order chi connectivity index (χ0) is 21.0. The number of fused-ring (bicyclic) bond motifs is 3. The second-order valence-corrected chi connectivity index (χ2v) is 8.49. The molecule has 0 aliphatic heterocycles. The molecule has 30 heavy (non-hydrogen) atoms. The van der Waals surface area contributed by atoms with E-state index in [9.17, 15) is 0 Å². The summed E-state index contributed by atoms with van der Waals surface area (Å²) in [4.78, 5) is 4.79. The van der Waals surface area contributed by atoms with Gasteiger partial charge in [-0.2, -0.15) is 0 Å². The Hall–Kier alpha value is -2.03. The Labute approximate surface area is 183 Å². The summed E-state index contributed by atoms with van der Waals surface area (Å²) in [7, 11) is 0. The van der Waals surface area contributed by atoms with E-state index in [2.05, 4.69) is 38.1 Å². The summed E-state index contributed by atoms with van der Waals surface area (Å²) in [5.41, 5.74) is 5.08. The number of rotatable bonds is 14. The first-order valence-electron chi connectivity index (χ1n) is 12.2. The van der Waals surface area contributed by atoms with Crippen molar-refractivity contribution in [3.05, 3.63) is 41.6 Å². The fourth-order valence-electron chi connectivity index (χ4n) is 4.16. The molecule has 2 aromatic rings. The van der Waals surface area contributed by atoms with Gasteiger partial charge in [-0.3, -0.25) is 0 Å². The number of pyridine rings is 1. The molecule has 1 aromatic carbocycles. The molecule has 164 valence electrons. The van der Waals surface area contributed by atoms with Gasteiger partial charge < -0.3 is 9.47 Å². The fraction of sp³-hybridized carbons (Fsp3) is 0.593. The van der Waals surface area contributed by atoms with Crippen LogP contribution in [0.2, 0.25) is 0 Å². The number of aryl methyl sites for hydroxylation is 2. The maximum absolute atomic E-state index is 6.02. The molecule has 0 bridgehead atoms. The number of aromatic nitrogens is 1. The van der Waals surface area contributed by atoms with Gasteiger partial charge in [-0.25, -0.2) is 4.98 Å². The van der Waals surface area contributed by atoms with Crippen molar-refractivity contribution in [2.24, 2.45) is 0 Å². The first kappa shape index (κ1) is 22.7. The van der Waals surface area contributed by atoms with Crippen molar-refractivity contribution in [1.29, 1.82) is 0 Å². The molecule has 3 nitrogen and oxygen atoms in total. The highest BCUT2D eigenvalue weighted by atomic mass is 16.5. The molecule has 1 aliphatic carbocycles. The molecule has 0 N–H and O–H groups in total. The van der Waals surface area contributed by atoms with Crippen molar-refractivity contribution in [1.82, 2.24) is 4.98 Å². The largest absolute Gasteiger partial charge is 0.494 e. The normalized spacial score (nSPS) is 12.3. The minimum atomic E-state index is 0.766. The van der Waals surface area contributed by atoms with Crippen LogP contribution in [-0.4, -0.2) is 18.2 Å². The van der Waals surface area contributed by atoms with E-state index in [1.807, 2.05) is 6.07 Å². The molecule has 1 aromatic heterocycles. The molecule has 0 unspecified atom stereocenters. The van der Waals surface area contributed by atoms with Crippen molar-refractivity contribution in [2.45, 2.75) is 90.9 Å². The highest BCUT2D eigenvalue weighted by Gasteiger charge is 2.18. The average Bonchev–Trinajstić information content (AvgIpc) is 2.78. The number of ether oxygens (including phenoxy) is 2. The monoisotopic (exact) mass is 409 g/mol. The lowest BCUT2D eigenvalue weighted by Crippen LogP contribution is -2.08. The van der Waals surface area contributed by atoms with Gasteiger partial charge in [0.1, 0.15) is 5.75 Å². The molecule has 1 heterocycles. The summed E-state index contributed by atoms with van der Waals surface area (Å²) in [5, 5.41) is 0. The highest BCUT2D eigenvalue weighted by Crippen LogP contribution is 2.35. The lowest BCUT2D eigenvalue weighted by atomic mass is 9.88. The van der Waals surface area contributed by atoms with E-state index in [1.54, 1.807) is 0 Å². The average molecular weight is 410 g/mol. The summed E-state index contributed by atoms with van der Waals surface area (Å²) in [6.07, 6.45) is 14.6. The minimum absolute atomic E-state index is 0.766. The van der Waals surface area contributed by atoms with E-state index >= 15 is 0 Å². The Morgan fingerprint density at radius 2 is 1.37 bits per heavy atom. The second kappa shape index (κ2) is 12.6. The molecular formula is C27H39NO2. The molecule has 1 aliphatic rings. The Kier molecular flexibility index (Phi) is 9.53. The van der Waals surface area contributed by atoms with Gasteiger partial charge in [0.2, 0.25) is 5.88 Å². The molecule has 0 radical (unpaired) electrons. The van der Waals surface area contributed by atoms with Crippen molar-refractivity contribution in [3.63, 3.8) is 0 Å². The van der Waals surface area contributed by atoms with Gasteiger partial charge >= 0.3 is 0 Å². The molecule has 3 rings (SSSR count). The number of unbranched alkanes of at least 4 members (excludes halogenated alkanes) is 8. The van der Waals surface area contributed by atoms with Crippen molar-refractivity contribution in [2.75, 3.05) is 13.2 Å². The van der Waals surface area contributed by atoms with E-state index in [1.165, 1.54) is 68.1 Å². The summed E-state index contributed by atoms with van der Waals surface area (Å²) in [6, 6.07) is 10.8. The lowest BCUT2D eigenvalue weighted by Gasteiger charge is -2.20. The third kappa shape index (κ3) is 6.75. The van der Waals surface area contributed by atoms with E-state index in [-0.39, 0.29) is 0 Å². The zero-order valence-corrected chi connectivity index (χ0v) is 19.0. The number of hydrogen-bond donors (Lipinski definition) is 0. The summed E-state index contributed by atoms with van der Waals surface area (Å²) < 4.78 is 11.9. The van der Waals surface area contributed by atoms with Crippen LogP contribution in [0.4, 0.5) is 0 Å². The van der Waals surface area contributed by atoms with Crippen LogP contribution in [0.1, 0.15) is 89.3 Å². The SMILES string of the molecule is CCCCCCCCOc1ccc2c(c1)CCc1nc(OCCCCCC)ccc1-2. The van der Waals surface area contributed by atoms with Crippen LogP contribution in [-0.2, 0) is 12.8 Å². The van der Waals surface area contributed by atoms with Gasteiger partial charge in [0.05, 0.1) is 18.9 Å². The van der Waals surface area contributed by atoms with Crippen molar-refractivity contribution in [3.8, 4) is 22.8 Å². The van der Waals surface area contributed by atoms with E-state index in [0.717, 1.165) is 56.2 Å². The zero-order valence-electron chi connectivity index (χ0n) is 19.0. The highest BCUT2D eigenvalue weighted by molar-refractivity contribution is 5.73. The topological polar surface area (TPSA) is 31.4 Å². The Balaban J connectivity index is 1.51. The molecule has 3 heteroatoms. The van der Waals surface area contributed by atoms with Crippen LogP contribution in [0.25, 0.3) is 11.1 Å². The lowest BCUT2D eigenvalue weighted by molar-refractivity contribution is 0.293. The van der Waals surface area contributed by atoms with Crippen LogP contribution < -0.4 is 9.47 Å². The standard InChI is InChI=1S/C27H39NO2/c1-3-5-7-9-10-12-19-29-23-14-15-24-22(21-23)13-17-26-25(24)16-18-27(28-26)30-20-11-8-6-4-2/h14-16,18,21H,3-13,17,19-20H2,1-2H3. The van der Waals surface area contributed by atoms with Crippen molar-refractivity contribution < 1.29 is 9.47 Å². The molecule has 0 fully saturated rings. The number of nitrogens with zero attached hydrogens (tertiary/aromatic N) is 1. The third-order valence-corrected chi connectivity index (χ3v) is 5.96. The van der Waals surface area contributed by atoms with Crippen LogP contribution in [0.3, 0.4) is 0 Å². The number of benzene rings is 1. The first-order chi connectivity index (χ1) is 14.8. The quantitative estimate of drug-likeness (QED) is 0.302. The maximum atomic E-state index is 6.02. The van der Waals surface area contributed by atoms with Gasteiger partial charge in [-0.1, -0.05) is 71.3 Å². The predicted molar refractivity (Wildman–Crippen MR) is 126 cm³/mol. The van der Waals surface area contributed by atoms with Crippen LogP contribution >= 0.6 is 0 Å². The first-order valence-corrected chi connectivity index (χ1v) is 12.2. The van der Waals surface area contributed by atoms with Crippen LogP contribution in [0.5, 0.6) is 11.6 Å². The van der Waals surface area contributed by atoms with E-state index < -0.39 is 0 Å². The van der Waals surface area contributed by atoms with Gasteiger partial charge in [-0.15, -0.1) is 0 Å². The number of hydrogen-bond acceptors (Lipinski definition) is 3. The molecule has 0 atom stereocenters. The van der Waals surface area contributed by atoms with Crippen LogP contribution in [0.15, 0.2) is 30.3 Å². The van der Waals surface area contributed by atoms with E-state index in [4.69, 9.17) is 14.5 Å². The Morgan fingerprint density at radius 1 is 0.700 bits per heavy atom. The molecular weight excluding hydrogens is 370 g/mol. The van der Waals surface area contributed by atoms with E-state index in [0.29, 0.717) is 0 Å². The smallest absolute Gasteiger partial charge is 0.213 e. The molecule has 0 amide bonds. The Bertz CT molecular complexity index is 771. The predicted octanol–water partition coefficient (Wildman–Crippen LogP) is 7.55. The van der Waals surface area contributed by atoms with Gasteiger partial charge in [0, 0.05) is 11.6 Å². The molecule has 0 saturated carbocycles. The Morgan fingerprint density at radius 3 is 2.17 bits per heavy atom. The fourth-order valence-corrected chi connectivity index (χ4v) is 4.16. The molecule has 0 saturated heterocycles. The van der Waals surface area contributed by atoms with Crippen LogP contribution in [0, 0.1) is 0 Å². The maximum Gasteiger partial charge on any atom is 0.213 e. The summed E-state index contributed by atoms with van der Waals surface area (Å²) in [5.74, 6) is 1.78. The van der Waals surface area contributed by atoms with Gasteiger partial charge in [0.15, 0.2) is 0 Å². The van der Waals surface area contributed by atoms with Crippen molar-refractivity contribution >= 4 is 0 Å². The summed E-state index contributed by atoms with van der Waals surface area (Å²) in [6.45, 7) is 6.08. The van der Waals surface area contributed by atoms with Gasteiger partial charge in [-0.05, 0) is 55.0 Å². The second-order valence-electron chi connectivity index (χ2n) is 8.49. The van der Waals surface area contributed by atoms with Gasteiger partial charge in [0.25, 0.3) is 0 Å². The summed E-state index contributed by atoms with van der Waals surface area (Å²) >= 11 is 0. The molecule has 0 spiro atoms. The third-order valence-electron chi connectivity index (χ3n) is 5.96. The minimum Gasteiger partial charge on any atom is -0.494 e.